The Kier molecular flexibility index (Phi) is 4.82. The third-order valence-corrected chi connectivity index (χ3v) is 2.78. The second kappa shape index (κ2) is 5.99. The number of halogens is 3. The molecule has 110 valence electrons. The van der Waals surface area contributed by atoms with Gasteiger partial charge in [-0.05, 0) is 6.92 Å². The molecular formula is C10H10F3N3O3S. The zero-order valence-corrected chi connectivity index (χ0v) is 11.2. The Morgan fingerprint density at radius 1 is 1.40 bits per heavy atom. The number of hydrogen-bond donors (Lipinski definition) is 1. The van der Waals surface area contributed by atoms with E-state index < -0.39 is 30.1 Å². The van der Waals surface area contributed by atoms with Crippen molar-refractivity contribution in [1.29, 1.82) is 0 Å². The van der Waals surface area contributed by atoms with Gasteiger partial charge in [0.05, 0.1) is 5.51 Å². The van der Waals surface area contributed by atoms with Crippen LogP contribution in [-0.4, -0.2) is 39.9 Å². The van der Waals surface area contributed by atoms with E-state index in [9.17, 15) is 27.6 Å². The minimum atomic E-state index is -5.20. The Morgan fingerprint density at radius 2 is 2.00 bits per heavy atom. The molecule has 1 rings (SSSR count). The second-order valence-corrected chi connectivity index (χ2v) is 4.43. The molecule has 0 aliphatic rings. The van der Waals surface area contributed by atoms with Gasteiger partial charge in [-0.3, -0.25) is 19.3 Å². The van der Waals surface area contributed by atoms with Gasteiger partial charge in [-0.1, -0.05) is 0 Å². The van der Waals surface area contributed by atoms with Crippen molar-refractivity contribution in [2.75, 3.05) is 0 Å². The van der Waals surface area contributed by atoms with Crippen molar-refractivity contribution in [3.05, 3.63) is 16.6 Å². The molecule has 0 aliphatic heterocycles. The molecule has 0 saturated carbocycles. The van der Waals surface area contributed by atoms with Gasteiger partial charge in [-0.2, -0.15) is 13.2 Å². The second-order valence-electron chi connectivity index (χ2n) is 3.72. The summed E-state index contributed by atoms with van der Waals surface area (Å²) in [6, 6.07) is 0. The van der Waals surface area contributed by atoms with Crippen molar-refractivity contribution in [3.8, 4) is 0 Å². The smallest absolute Gasteiger partial charge is 0.330 e. The summed E-state index contributed by atoms with van der Waals surface area (Å²) in [5.74, 6) is -4.24. The van der Waals surface area contributed by atoms with Crippen LogP contribution in [0.5, 0.6) is 0 Å². The maximum Gasteiger partial charge on any atom is 0.471 e. The summed E-state index contributed by atoms with van der Waals surface area (Å²) in [5.41, 5.74) is 1.35. The first-order valence-electron chi connectivity index (χ1n) is 5.24. The van der Waals surface area contributed by atoms with Crippen LogP contribution in [0.2, 0.25) is 0 Å². The van der Waals surface area contributed by atoms with Crippen LogP contribution in [0.15, 0.2) is 10.9 Å². The molecule has 1 aromatic rings. The Morgan fingerprint density at radius 3 is 2.40 bits per heavy atom. The molecule has 6 nitrogen and oxygen atoms in total. The maximum atomic E-state index is 12.4. The summed E-state index contributed by atoms with van der Waals surface area (Å²) in [6.45, 7) is 1.89. The van der Waals surface area contributed by atoms with Crippen LogP contribution in [0, 0.1) is 0 Å². The summed E-state index contributed by atoms with van der Waals surface area (Å²) in [5, 5.41) is 3.49. The van der Waals surface area contributed by atoms with Crippen molar-refractivity contribution >= 4 is 29.1 Å². The molecule has 10 heteroatoms. The molecular weight excluding hydrogens is 299 g/mol. The number of nitrogens with zero attached hydrogens (tertiary/aromatic N) is 2. The van der Waals surface area contributed by atoms with Gasteiger partial charge in [0, 0.05) is 12.3 Å². The first-order chi connectivity index (χ1) is 9.14. The van der Waals surface area contributed by atoms with E-state index in [0.29, 0.717) is 0 Å². The van der Waals surface area contributed by atoms with E-state index in [-0.39, 0.29) is 10.6 Å². The quantitative estimate of drug-likeness (QED) is 0.850. The van der Waals surface area contributed by atoms with Crippen molar-refractivity contribution in [2.45, 2.75) is 26.2 Å². The van der Waals surface area contributed by atoms with Crippen LogP contribution in [0.1, 0.15) is 24.3 Å². The van der Waals surface area contributed by atoms with Gasteiger partial charge in [-0.15, -0.1) is 11.3 Å². The Balaban J connectivity index is 2.85. The molecule has 3 amide bonds. The average Bonchev–Trinajstić information content (AvgIpc) is 2.80. The molecule has 0 aromatic carbocycles. The van der Waals surface area contributed by atoms with Gasteiger partial charge >= 0.3 is 12.1 Å². The lowest BCUT2D eigenvalue weighted by Crippen LogP contribution is -2.55. The van der Waals surface area contributed by atoms with Crippen LogP contribution in [0.4, 0.5) is 13.2 Å². The van der Waals surface area contributed by atoms with Crippen molar-refractivity contribution in [2.24, 2.45) is 0 Å². The summed E-state index contributed by atoms with van der Waals surface area (Å²) in [4.78, 5) is 37.5. The fourth-order valence-corrected chi connectivity index (χ4v) is 1.91. The van der Waals surface area contributed by atoms with Gasteiger partial charge in [0.1, 0.15) is 11.9 Å². The van der Waals surface area contributed by atoms with Crippen LogP contribution in [-0.2, 0) is 9.59 Å². The van der Waals surface area contributed by atoms with Gasteiger partial charge in [-0.25, -0.2) is 4.98 Å². The van der Waals surface area contributed by atoms with Gasteiger partial charge < -0.3 is 5.32 Å². The summed E-state index contributed by atoms with van der Waals surface area (Å²) in [7, 11) is 0. The predicted octanol–water partition coefficient (Wildman–Crippen LogP) is 1.16. The Hall–Kier alpha value is -1.97. The largest absolute Gasteiger partial charge is 0.471 e. The van der Waals surface area contributed by atoms with Crippen molar-refractivity contribution in [1.82, 2.24) is 15.2 Å². The zero-order chi connectivity index (χ0) is 15.5. The summed E-state index contributed by atoms with van der Waals surface area (Å²) < 4.78 is 37.1. The van der Waals surface area contributed by atoms with E-state index in [4.69, 9.17) is 0 Å². The lowest BCUT2D eigenvalue weighted by Gasteiger charge is -2.27. The number of rotatable bonds is 3. The molecule has 0 fully saturated rings. The number of amides is 3. The van der Waals surface area contributed by atoms with E-state index in [0.717, 1.165) is 25.2 Å². The fraction of sp³-hybridized carbons (Fsp3) is 0.400. The van der Waals surface area contributed by atoms with Crippen molar-refractivity contribution in [3.63, 3.8) is 0 Å². The third kappa shape index (κ3) is 3.76. The number of nitrogens with one attached hydrogen (secondary N) is 1. The van der Waals surface area contributed by atoms with Gasteiger partial charge in [0.15, 0.2) is 0 Å². The molecule has 0 bridgehead atoms. The molecule has 1 aromatic heterocycles. The molecule has 0 aliphatic carbocycles. The van der Waals surface area contributed by atoms with E-state index in [1.54, 1.807) is 0 Å². The number of thiazole rings is 1. The number of aromatic nitrogens is 1. The molecule has 1 atom stereocenters. The van der Waals surface area contributed by atoms with Crippen LogP contribution < -0.4 is 5.32 Å². The Labute approximate surface area is 115 Å². The standard InChI is InChI=1S/C10H10F3N3O3S/c1-5(15-8(18)7-3-20-4-14-7)16(6(2)17)9(19)10(11,12)13/h3-5H,1-2H3,(H,15,18)/t5-/m0/s1. The van der Waals surface area contributed by atoms with Gasteiger partial charge in [0.25, 0.3) is 5.91 Å². The highest BCUT2D eigenvalue weighted by molar-refractivity contribution is 7.07. The molecule has 1 heterocycles. The highest BCUT2D eigenvalue weighted by Crippen LogP contribution is 2.19. The highest BCUT2D eigenvalue weighted by Gasteiger charge is 2.45. The lowest BCUT2D eigenvalue weighted by molar-refractivity contribution is -0.189. The average molecular weight is 309 g/mol. The van der Waals surface area contributed by atoms with E-state index in [1.807, 2.05) is 0 Å². The summed E-state index contributed by atoms with van der Waals surface area (Å²) >= 11 is 1.12. The highest BCUT2D eigenvalue weighted by atomic mass is 32.1. The number of alkyl halides is 3. The fourth-order valence-electron chi connectivity index (χ4n) is 1.38. The molecule has 0 saturated heterocycles. The molecule has 1 N–H and O–H groups in total. The maximum absolute atomic E-state index is 12.4. The molecule has 0 unspecified atom stereocenters. The van der Waals surface area contributed by atoms with Crippen LogP contribution in [0.25, 0.3) is 0 Å². The summed E-state index contributed by atoms with van der Waals surface area (Å²) in [6.07, 6.45) is -6.65. The minimum absolute atomic E-state index is 0.00944. The van der Waals surface area contributed by atoms with Crippen molar-refractivity contribution < 1.29 is 27.6 Å². The van der Waals surface area contributed by atoms with E-state index >= 15 is 0 Å². The molecule has 0 radical (unpaired) electrons. The molecule has 0 spiro atoms. The monoisotopic (exact) mass is 309 g/mol. The SMILES string of the molecule is CC(=O)N(C(=O)C(F)(F)F)[C@@H](C)NC(=O)c1cscn1. The van der Waals surface area contributed by atoms with E-state index in [1.165, 1.54) is 10.9 Å². The number of imide groups is 1. The third-order valence-electron chi connectivity index (χ3n) is 2.19. The molecule has 20 heavy (non-hydrogen) atoms. The van der Waals surface area contributed by atoms with Crippen LogP contribution >= 0.6 is 11.3 Å². The lowest BCUT2D eigenvalue weighted by atomic mass is 10.3. The normalized spacial score (nSPS) is 12.7. The number of carbonyl (C=O) groups excluding carboxylic acids is 3. The number of carbonyl (C=O) groups is 3. The predicted molar refractivity (Wildman–Crippen MR) is 62.6 cm³/mol. The van der Waals surface area contributed by atoms with Gasteiger partial charge in [0.2, 0.25) is 5.91 Å². The zero-order valence-electron chi connectivity index (χ0n) is 10.4. The minimum Gasteiger partial charge on any atom is -0.330 e. The number of hydrogen-bond acceptors (Lipinski definition) is 5. The first kappa shape index (κ1) is 16.1. The Bertz CT molecular complexity index is 516. The topological polar surface area (TPSA) is 79.4 Å². The van der Waals surface area contributed by atoms with Crippen LogP contribution in [0.3, 0.4) is 0 Å². The van der Waals surface area contributed by atoms with E-state index in [2.05, 4.69) is 10.3 Å². The first-order valence-corrected chi connectivity index (χ1v) is 6.19.